The highest BCUT2D eigenvalue weighted by Crippen LogP contribution is 2.22. The summed E-state index contributed by atoms with van der Waals surface area (Å²) in [5.74, 6) is 0. The summed E-state index contributed by atoms with van der Waals surface area (Å²) in [5.41, 5.74) is 1.74. The van der Waals surface area contributed by atoms with Gasteiger partial charge in [-0.1, -0.05) is 19.6 Å². The summed E-state index contributed by atoms with van der Waals surface area (Å²) >= 11 is 3.49. The van der Waals surface area contributed by atoms with Crippen LogP contribution in [0.25, 0.3) is 11.2 Å². The van der Waals surface area contributed by atoms with Gasteiger partial charge in [0, 0.05) is 33.3 Å². The normalized spacial score (nSPS) is 12.2. The Morgan fingerprint density at radius 3 is 2.72 bits per heavy atom. The maximum Gasteiger partial charge on any atom is 0.161 e. The van der Waals surface area contributed by atoms with Gasteiger partial charge in [0.15, 0.2) is 5.65 Å². The maximum absolute atomic E-state index is 5.73. The van der Waals surface area contributed by atoms with E-state index < -0.39 is 8.07 Å². The Kier molecular flexibility index (Phi) is 4.19. The Balaban J connectivity index is 2.00. The summed E-state index contributed by atoms with van der Waals surface area (Å²) in [6.07, 6.45) is 5.37. The van der Waals surface area contributed by atoms with Crippen molar-refractivity contribution in [3.63, 3.8) is 0 Å². The summed E-state index contributed by atoms with van der Waals surface area (Å²) in [6.45, 7) is 8.40. The van der Waals surface area contributed by atoms with Gasteiger partial charge < -0.3 is 9.30 Å². The van der Waals surface area contributed by atoms with Crippen LogP contribution in [0.3, 0.4) is 0 Å². The van der Waals surface area contributed by atoms with Crippen LogP contribution in [0.5, 0.6) is 0 Å². The van der Waals surface area contributed by atoms with Crippen LogP contribution in [-0.4, -0.2) is 29.2 Å². The highest BCUT2D eigenvalue weighted by molar-refractivity contribution is 9.10. The lowest BCUT2D eigenvalue weighted by Crippen LogP contribution is -2.22. The molecule has 0 aliphatic carbocycles. The van der Waals surface area contributed by atoms with Crippen molar-refractivity contribution < 1.29 is 4.74 Å². The van der Waals surface area contributed by atoms with Crippen molar-refractivity contribution >= 4 is 35.2 Å². The van der Waals surface area contributed by atoms with Gasteiger partial charge in [0.1, 0.15) is 12.2 Å². The van der Waals surface area contributed by atoms with E-state index in [1.807, 2.05) is 10.8 Å². The Hall–Kier alpha value is -0.723. The van der Waals surface area contributed by atoms with Crippen LogP contribution < -0.4 is 0 Å². The number of ether oxygens (including phenoxy) is 1. The Morgan fingerprint density at radius 2 is 2.00 bits per heavy atom. The van der Waals surface area contributed by atoms with E-state index in [0.717, 1.165) is 22.2 Å². The van der Waals surface area contributed by atoms with Crippen molar-refractivity contribution in [3.05, 3.63) is 23.1 Å². The second-order valence-electron chi connectivity index (χ2n) is 5.52. The molecule has 18 heavy (non-hydrogen) atoms. The van der Waals surface area contributed by atoms with Gasteiger partial charge in [-0.05, 0) is 22.0 Å². The number of hydrogen-bond donors (Lipinski definition) is 0. The van der Waals surface area contributed by atoms with Crippen molar-refractivity contribution in [1.82, 2.24) is 14.5 Å². The smallest absolute Gasteiger partial charge is 0.161 e. The van der Waals surface area contributed by atoms with Crippen LogP contribution in [0.4, 0.5) is 0 Å². The number of nitrogens with zero attached hydrogens (tertiary/aromatic N) is 3. The molecule has 0 aliphatic heterocycles. The predicted molar refractivity (Wildman–Crippen MR) is 79.3 cm³/mol. The molecule has 0 spiro atoms. The molecule has 6 heteroatoms. The van der Waals surface area contributed by atoms with Gasteiger partial charge in [-0.3, -0.25) is 4.98 Å². The Labute approximate surface area is 117 Å². The first-order valence-electron chi connectivity index (χ1n) is 6.00. The fourth-order valence-corrected chi connectivity index (χ4v) is 2.89. The SMILES string of the molecule is C[Si](C)(C)CCOCn1cc(Br)c2nccnc21. The number of rotatable bonds is 5. The molecule has 2 aromatic heterocycles. The lowest BCUT2D eigenvalue weighted by Gasteiger charge is -2.15. The van der Waals surface area contributed by atoms with E-state index in [1.54, 1.807) is 12.4 Å². The van der Waals surface area contributed by atoms with Crippen molar-refractivity contribution in [2.45, 2.75) is 32.4 Å². The molecule has 2 heterocycles. The van der Waals surface area contributed by atoms with E-state index in [2.05, 4.69) is 45.5 Å². The molecular formula is C12H18BrN3OSi. The molecule has 0 aromatic carbocycles. The quantitative estimate of drug-likeness (QED) is 0.623. The number of fused-ring (bicyclic) bond motifs is 1. The monoisotopic (exact) mass is 327 g/mol. The Morgan fingerprint density at radius 1 is 1.28 bits per heavy atom. The highest BCUT2D eigenvalue weighted by atomic mass is 79.9. The molecule has 2 aromatic rings. The van der Waals surface area contributed by atoms with Gasteiger partial charge in [-0.2, -0.15) is 0 Å². The summed E-state index contributed by atoms with van der Waals surface area (Å²) in [5, 5.41) is 0. The predicted octanol–water partition coefficient (Wildman–Crippen LogP) is 3.51. The first-order valence-corrected chi connectivity index (χ1v) is 10.5. The van der Waals surface area contributed by atoms with Crippen LogP contribution in [0, 0.1) is 0 Å². The summed E-state index contributed by atoms with van der Waals surface area (Å²) < 4.78 is 8.67. The minimum atomic E-state index is -1.02. The topological polar surface area (TPSA) is 39.9 Å². The van der Waals surface area contributed by atoms with Gasteiger partial charge in [0.2, 0.25) is 0 Å². The molecule has 2 rings (SSSR count). The van der Waals surface area contributed by atoms with Gasteiger partial charge in [-0.25, -0.2) is 4.98 Å². The first-order chi connectivity index (χ1) is 8.47. The third-order valence-electron chi connectivity index (χ3n) is 2.67. The molecule has 0 saturated heterocycles. The third kappa shape index (κ3) is 3.40. The van der Waals surface area contributed by atoms with Gasteiger partial charge in [-0.15, -0.1) is 0 Å². The van der Waals surface area contributed by atoms with Gasteiger partial charge in [0.05, 0.1) is 4.47 Å². The number of halogens is 1. The standard InChI is InChI=1S/C12H18BrN3OSi/c1-18(2,3)7-6-17-9-16-8-10(13)11-12(16)15-5-4-14-11/h4-5,8H,6-7,9H2,1-3H3. The highest BCUT2D eigenvalue weighted by Gasteiger charge is 2.13. The Bertz CT molecular complexity index is 536. The zero-order valence-electron chi connectivity index (χ0n) is 11.0. The second-order valence-corrected chi connectivity index (χ2v) is 12.0. The lowest BCUT2D eigenvalue weighted by atomic mass is 10.5. The van der Waals surface area contributed by atoms with E-state index in [9.17, 15) is 0 Å². The molecule has 4 nitrogen and oxygen atoms in total. The minimum Gasteiger partial charge on any atom is -0.361 e. The van der Waals surface area contributed by atoms with E-state index in [4.69, 9.17) is 4.74 Å². The van der Waals surface area contributed by atoms with E-state index in [0.29, 0.717) is 6.73 Å². The molecule has 0 amide bonds. The zero-order valence-corrected chi connectivity index (χ0v) is 13.6. The molecular weight excluding hydrogens is 310 g/mol. The molecule has 0 saturated carbocycles. The lowest BCUT2D eigenvalue weighted by molar-refractivity contribution is 0.0898. The second kappa shape index (κ2) is 5.50. The van der Waals surface area contributed by atoms with Crippen molar-refractivity contribution in [2.75, 3.05) is 6.61 Å². The molecule has 0 bridgehead atoms. The zero-order chi connectivity index (χ0) is 13.2. The van der Waals surface area contributed by atoms with Crippen LogP contribution in [0.1, 0.15) is 0 Å². The molecule has 0 N–H and O–H groups in total. The van der Waals surface area contributed by atoms with Gasteiger partial charge >= 0.3 is 0 Å². The average molecular weight is 328 g/mol. The summed E-state index contributed by atoms with van der Waals surface area (Å²) in [6, 6.07) is 1.18. The van der Waals surface area contributed by atoms with Crippen molar-refractivity contribution in [1.29, 1.82) is 0 Å². The third-order valence-corrected chi connectivity index (χ3v) is 4.96. The van der Waals surface area contributed by atoms with Crippen LogP contribution >= 0.6 is 15.9 Å². The average Bonchev–Trinajstić information content (AvgIpc) is 2.62. The summed E-state index contributed by atoms with van der Waals surface area (Å²) in [4.78, 5) is 8.62. The molecule has 0 atom stereocenters. The molecule has 0 aliphatic rings. The largest absolute Gasteiger partial charge is 0.361 e. The van der Waals surface area contributed by atoms with Crippen molar-refractivity contribution in [2.24, 2.45) is 0 Å². The molecule has 0 unspecified atom stereocenters. The molecule has 0 radical (unpaired) electrons. The van der Waals surface area contributed by atoms with Crippen molar-refractivity contribution in [3.8, 4) is 0 Å². The van der Waals surface area contributed by atoms with E-state index in [-0.39, 0.29) is 0 Å². The van der Waals surface area contributed by atoms with Crippen LogP contribution in [0.2, 0.25) is 25.7 Å². The minimum absolute atomic E-state index is 0.533. The maximum atomic E-state index is 5.73. The molecule has 98 valence electrons. The first kappa shape index (κ1) is 13.7. The fraction of sp³-hybridized carbons (Fsp3) is 0.500. The van der Waals surface area contributed by atoms with E-state index in [1.165, 1.54) is 6.04 Å². The van der Waals surface area contributed by atoms with Crippen LogP contribution in [0.15, 0.2) is 23.1 Å². The fourth-order valence-electron chi connectivity index (χ4n) is 1.61. The summed E-state index contributed by atoms with van der Waals surface area (Å²) in [7, 11) is -1.02. The van der Waals surface area contributed by atoms with Crippen LogP contribution in [-0.2, 0) is 11.5 Å². The number of hydrogen-bond acceptors (Lipinski definition) is 3. The molecule has 0 fully saturated rings. The van der Waals surface area contributed by atoms with Gasteiger partial charge in [0.25, 0.3) is 0 Å². The number of aromatic nitrogens is 3. The van der Waals surface area contributed by atoms with E-state index >= 15 is 0 Å².